The van der Waals surface area contributed by atoms with Crippen LogP contribution in [0.15, 0.2) is 46.1 Å². The van der Waals surface area contributed by atoms with Crippen LogP contribution in [0.2, 0.25) is 0 Å². The summed E-state index contributed by atoms with van der Waals surface area (Å²) in [6.07, 6.45) is 3.73. The van der Waals surface area contributed by atoms with Gasteiger partial charge in [0.05, 0.1) is 17.4 Å². The molecule has 1 heterocycles. The Balaban J connectivity index is 2.38. The molecule has 0 saturated heterocycles. The van der Waals surface area contributed by atoms with Gasteiger partial charge in [-0.3, -0.25) is 0 Å². The van der Waals surface area contributed by atoms with Crippen LogP contribution in [0.25, 0.3) is 0 Å². The van der Waals surface area contributed by atoms with E-state index in [0.717, 1.165) is 16.7 Å². The van der Waals surface area contributed by atoms with Gasteiger partial charge in [-0.15, -0.1) is 0 Å². The molecule has 0 saturated carbocycles. The Bertz CT molecular complexity index is 694. The van der Waals surface area contributed by atoms with Crippen molar-refractivity contribution in [1.29, 1.82) is 0 Å². The fourth-order valence-electron chi connectivity index (χ4n) is 2.15. The fraction of sp³-hybridized carbons (Fsp3) is 0.333. The predicted octanol–water partition coefficient (Wildman–Crippen LogP) is 2.12. The van der Waals surface area contributed by atoms with Crippen molar-refractivity contribution >= 4 is 10.0 Å². The van der Waals surface area contributed by atoms with E-state index in [1.165, 1.54) is 10.6 Å². The molecule has 2 N–H and O–H groups in total. The highest BCUT2D eigenvalue weighted by molar-refractivity contribution is 7.89. The number of rotatable bonds is 6. The molecule has 2 rings (SSSR count). The number of sulfonamides is 1. The molecule has 0 unspecified atom stereocenters. The Morgan fingerprint density at radius 3 is 2.57 bits per heavy atom. The Morgan fingerprint density at radius 2 is 2.00 bits per heavy atom. The van der Waals surface area contributed by atoms with E-state index >= 15 is 0 Å². The predicted molar refractivity (Wildman–Crippen MR) is 81.1 cm³/mol. The van der Waals surface area contributed by atoms with Gasteiger partial charge in [0.15, 0.2) is 0 Å². The van der Waals surface area contributed by atoms with E-state index in [4.69, 9.17) is 10.2 Å². The summed E-state index contributed by atoms with van der Waals surface area (Å²) < 4.78 is 31.8. The van der Waals surface area contributed by atoms with Crippen molar-refractivity contribution in [2.24, 2.45) is 5.73 Å². The van der Waals surface area contributed by atoms with Gasteiger partial charge in [-0.25, -0.2) is 8.42 Å². The third kappa shape index (κ3) is 3.34. The molecule has 114 valence electrons. The number of hydrogen-bond donors (Lipinski definition) is 1. The lowest BCUT2D eigenvalue weighted by atomic mass is 10.1. The van der Waals surface area contributed by atoms with Crippen molar-refractivity contribution in [2.75, 3.05) is 7.05 Å². The summed E-state index contributed by atoms with van der Waals surface area (Å²) in [6, 6.07) is 7.12. The highest BCUT2D eigenvalue weighted by atomic mass is 32.2. The van der Waals surface area contributed by atoms with Crippen LogP contribution in [-0.4, -0.2) is 19.8 Å². The lowest BCUT2D eigenvalue weighted by Crippen LogP contribution is -2.27. The SMILES string of the molecule is CCc1ccc(CN)cc1S(=O)(=O)N(C)Cc1ccoc1. The molecule has 0 spiro atoms. The first-order valence-corrected chi connectivity index (χ1v) is 8.22. The van der Waals surface area contributed by atoms with Crippen LogP contribution in [0.3, 0.4) is 0 Å². The zero-order chi connectivity index (χ0) is 15.5. The Morgan fingerprint density at radius 1 is 1.24 bits per heavy atom. The van der Waals surface area contributed by atoms with Crippen LogP contribution in [0.4, 0.5) is 0 Å². The normalized spacial score (nSPS) is 12.0. The van der Waals surface area contributed by atoms with Crippen LogP contribution in [0, 0.1) is 0 Å². The van der Waals surface area contributed by atoms with E-state index in [0.29, 0.717) is 17.9 Å². The number of aryl methyl sites for hydroxylation is 1. The van der Waals surface area contributed by atoms with Crippen molar-refractivity contribution in [3.63, 3.8) is 0 Å². The molecule has 0 aliphatic rings. The molecular weight excluding hydrogens is 288 g/mol. The highest BCUT2D eigenvalue weighted by Gasteiger charge is 2.24. The molecule has 21 heavy (non-hydrogen) atoms. The second kappa shape index (κ2) is 6.43. The molecule has 0 radical (unpaired) electrons. The minimum atomic E-state index is -3.55. The first-order valence-electron chi connectivity index (χ1n) is 6.78. The minimum Gasteiger partial charge on any atom is -0.472 e. The standard InChI is InChI=1S/C15H20N2O3S/c1-3-14-5-4-12(9-16)8-15(14)21(18,19)17(2)10-13-6-7-20-11-13/h4-8,11H,3,9-10,16H2,1-2H3. The van der Waals surface area contributed by atoms with Crippen molar-refractivity contribution < 1.29 is 12.8 Å². The topological polar surface area (TPSA) is 76.5 Å². The largest absolute Gasteiger partial charge is 0.472 e. The molecule has 0 aliphatic carbocycles. The molecular formula is C15H20N2O3S. The van der Waals surface area contributed by atoms with Crippen LogP contribution < -0.4 is 5.73 Å². The first kappa shape index (κ1) is 15.8. The lowest BCUT2D eigenvalue weighted by molar-refractivity contribution is 0.462. The minimum absolute atomic E-state index is 0.273. The Hall–Kier alpha value is -1.63. The van der Waals surface area contributed by atoms with Gasteiger partial charge in [0.25, 0.3) is 0 Å². The molecule has 0 amide bonds. The summed E-state index contributed by atoms with van der Waals surface area (Å²) in [5.74, 6) is 0. The molecule has 1 aromatic carbocycles. The van der Waals surface area contributed by atoms with Gasteiger partial charge in [0.1, 0.15) is 0 Å². The van der Waals surface area contributed by atoms with Crippen LogP contribution in [-0.2, 0) is 29.5 Å². The van der Waals surface area contributed by atoms with Gasteiger partial charge < -0.3 is 10.2 Å². The Labute approximate surface area is 125 Å². The van der Waals surface area contributed by atoms with Crippen molar-refractivity contribution in [2.45, 2.75) is 31.3 Å². The second-order valence-corrected chi connectivity index (χ2v) is 6.91. The third-order valence-electron chi connectivity index (χ3n) is 3.42. The average molecular weight is 308 g/mol. The maximum Gasteiger partial charge on any atom is 0.243 e. The van der Waals surface area contributed by atoms with E-state index in [9.17, 15) is 8.42 Å². The van der Waals surface area contributed by atoms with Gasteiger partial charge in [-0.05, 0) is 29.7 Å². The molecule has 0 atom stereocenters. The molecule has 1 aromatic heterocycles. The molecule has 0 fully saturated rings. The van der Waals surface area contributed by atoms with E-state index < -0.39 is 10.0 Å². The average Bonchev–Trinajstić information content (AvgIpc) is 2.99. The monoisotopic (exact) mass is 308 g/mol. The fourth-order valence-corrected chi connectivity index (χ4v) is 3.65. The maximum atomic E-state index is 12.8. The number of nitrogens with zero attached hydrogens (tertiary/aromatic N) is 1. The summed E-state index contributed by atoms with van der Waals surface area (Å²) in [7, 11) is -1.99. The van der Waals surface area contributed by atoms with E-state index in [1.807, 2.05) is 19.1 Å². The van der Waals surface area contributed by atoms with Crippen molar-refractivity contribution in [3.8, 4) is 0 Å². The number of furan rings is 1. The Kier molecular flexibility index (Phi) is 4.82. The highest BCUT2D eigenvalue weighted by Crippen LogP contribution is 2.23. The zero-order valence-corrected chi connectivity index (χ0v) is 13.1. The van der Waals surface area contributed by atoms with E-state index in [1.54, 1.807) is 25.4 Å². The van der Waals surface area contributed by atoms with E-state index in [-0.39, 0.29) is 6.54 Å². The van der Waals surface area contributed by atoms with Crippen LogP contribution in [0.5, 0.6) is 0 Å². The van der Waals surface area contributed by atoms with Crippen LogP contribution >= 0.6 is 0 Å². The quantitative estimate of drug-likeness (QED) is 0.887. The number of nitrogens with two attached hydrogens (primary N) is 1. The summed E-state index contributed by atoms with van der Waals surface area (Å²) in [6.45, 7) is 2.53. The number of hydrogen-bond acceptors (Lipinski definition) is 4. The second-order valence-electron chi connectivity index (χ2n) is 4.89. The summed E-state index contributed by atoms with van der Waals surface area (Å²) in [4.78, 5) is 0.332. The lowest BCUT2D eigenvalue weighted by Gasteiger charge is -2.19. The van der Waals surface area contributed by atoms with Gasteiger partial charge in [0, 0.05) is 25.7 Å². The maximum absolute atomic E-state index is 12.8. The van der Waals surface area contributed by atoms with Crippen molar-refractivity contribution in [1.82, 2.24) is 4.31 Å². The van der Waals surface area contributed by atoms with Crippen molar-refractivity contribution in [3.05, 3.63) is 53.5 Å². The zero-order valence-electron chi connectivity index (χ0n) is 12.2. The molecule has 0 bridgehead atoms. The number of benzene rings is 1. The van der Waals surface area contributed by atoms with Gasteiger partial charge in [-0.2, -0.15) is 4.31 Å². The smallest absolute Gasteiger partial charge is 0.243 e. The summed E-state index contributed by atoms with van der Waals surface area (Å²) >= 11 is 0. The van der Waals surface area contributed by atoms with Gasteiger partial charge in [0.2, 0.25) is 10.0 Å². The summed E-state index contributed by atoms with van der Waals surface area (Å²) in [5.41, 5.74) is 8.04. The summed E-state index contributed by atoms with van der Waals surface area (Å²) in [5, 5.41) is 0. The molecule has 5 nitrogen and oxygen atoms in total. The molecule has 0 aliphatic heterocycles. The molecule has 2 aromatic rings. The molecule has 6 heteroatoms. The van der Waals surface area contributed by atoms with E-state index in [2.05, 4.69) is 0 Å². The first-order chi connectivity index (χ1) is 9.98. The van der Waals surface area contributed by atoms with Crippen LogP contribution in [0.1, 0.15) is 23.6 Å². The van der Waals surface area contributed by atoms with Gasteiger partial charge in [-0.1, -0.05) is 19.1 Å². The third-order valence-corrected chi connectivity index (χ3v) is 5.31. The van der Waals surface area contributed by atoms with Gasteiger partial charge >= 0.3 is 0 Å².